The fourth-order valence-corrected chi connectivity index (χ4v) is 0. The van der Waals surface area contributed by atoms with E-state index in [4.69, 9.17) is 59.4 Å². The first kappa shape index (κ1) is 107. The van der Waals surface area contributed by atoms with Gasteiger partial charge in [-0.15, -0.1) is 0 Å². The van der Waals surface area contributed by atoms with Crippen LogP contribution in [0.1, 0.15) is 0 Å². The van der Waals surface area contributed by atoms with Crippen LogP contribution in [-0.4, -0.2) is 38.8 Å². The van der Waals surface area contributed by atoms with Crippen molar-refractivity contribution in [1.29, 1.82) is 0 Å². The Morgan fingerprint density at radius 1 is 0.292 bits per heavy atom. The van der Waals surface area contributed by atoms with E-state index in [0.717, 1.165) is 0 Å². The van der Waals surface area contributed by atoms with Crippen molar-refractivity contribution in [3.05, 3.63) is 0 Å². The molecule has 0 amide bonds. The minimum absolute atomic E-state index is 0. The lowest BCUT2D eigenvalue weighted by Crippen LogP contribution is -2.01. The molecule has 156 valence electrons. The average Bonchev–Trinajstić information content (AvgIpc) is 2.23. The molecule has 0 atom stereocenters. The zero-order valence-electron chi connectivity index (χ0n) is 14.4. The number of rotatable bonds is 0. The molecule has 0 aromatic carbocycles. The van der Waals surface area contributed by atoms with Gasteiger partial charge in [-0.2, -0.15) is 0 Å². The average molecular weight is 378 g/mol. The standard InChI is InChI=1S/6CH2O2.6H3N/c6*2-1-3;;;;;;/h6*1H,(H,2,3);6*1H3. The predicted octanol–water partition coefficient (Wildman–Crippen LogP) is -7.55. The normalized spacial score (nSPS) is 3.00. The first-order valence-electron chi connectivity index (χ1n) is 2.83. The molecule has 0 unspecified atom stereocenters. The van der Waals surface area contributed by atoms with Gasteiger partial charge in [-0.25, -0.2) is 0 Å². The minimum Gasteiger partial charge on any atom is -0.554 e. The molecular formula is C6H30N6O12. The van der Waals surface area contributed by atoms with Crippen LogP contribution in [0, 0.1) is 0 Å². The molecule has 0 aromatic rings. The Labute approximate surface area is 136 Å². The molecule has 18 heteroatoms. The molecule has 0 bridgehead atoms. The van der Waals surface area contributed by atoms with Gasteiger partial charge in [-0.1, -0.05) is 0 Å². The Morgan fingerprint density at radius 2 is 0.292 bits per heavy atom. The van der Waals surface area contributed by atoms with Crippen LogP contribution in [-0.2, 0) is 28.8 Å². The third-order valence-electron chi connectivity index (χ3n) is 0. The van der Waals surface area contributed by atoms with E-state index in [2.05, 4.69) is 0 Å². The second-order valence-electron chi connectivity index (χ2n) is 0.577. The molecule has 0 aliphatic carbocycles. The summed E-state index contributed by atoms with van der Waals surface area (Å²) < 4.78 is 0. The van der Waals surface area contributed by atoms with Gasteiger partial charge in [0.1, 0.15) is 0 Å². The highest BCUT2D eigenvalue weighted by atomic mass is 16.4. The summed E-state index contributed by atoms with van der Waals surface area (Å²) in [4.78, 5) is 49.5. The molecule has 0 fully saturated rings. The molecular weight excluding hydrogens is 348 g/mol. The highest BCUT2D eigenvalue weighted by Gasteiger charge is 1.01. The second-order valence-corrected chi connectivity index (χ2v) is 0.577. The molecule has 24 heavy (non-hydrogen) atoms. The Hall–Kier alpha value is -3.42. The van der Waals surface area contributed by atoms with Crippen molar-refractivity contribution in [2.45, 2.75) is 0 Å². The Morgan fingerprint density at radius 3 is 0.292 bits per heavy atom. The summed E-state index contributed by atoms with van der Waals surface area (Å²) in [7, 11) is 0. The zero-order chi connectivity index (χ0) is 16.2. The quantitative estimate of drug-likeness (QED) is 0.214. The van der Waals surface area contributed by atoms with Gasteiger partial charge >= 0.3 is 0 Å². The van der Waals surface area contributed by atoms with Crippen LogP contribution in [0.2, 0.25) is 0 Å². The van der Waals surface area contributed by atoms with E-state index < -0.39 is 38.8 Å². The van der Waals surface area contributed by atoms with Crippen molar-refractivity contribution in [3.63, 3.8) is 0 Å². The smallest absolute Gasteiger partial charge is 0.0275 e. The predicted molar refractivity (Wildman–Crippen MR) is 72.3 cm³/mol. The van der Waals surface area contributed by atoms with Crippen molar-refractivity contribution in [2.24, 2.45) is 0 Å². The molecule has 24 N–H and O–H groups in total. The second kappa shape index (κ2) is 1020. The molecule has 0 aliphatic heterocycles. The fraction of sp³-hybridized carbons (Fsp3) is 0. The van der Waals surface area contributed by atoms with E-state index in [0.29, 0.717) is 0 Å². The van der Waals surface area contributed by atoms with Gasteiger partial charge in [0.15, 0.2) is 0 Å². The van der Waals surface area contributed by atoms with Crippen molar-refractivity contribution < 1.29 is 59.4 Å². The third-order valence-corrected chi connectivity index (χ3v) is 0. The maximum absolute atomic E-state index is 8.25. The molecule has 0 aromatic heterocycles. The number of hydrogen-bond acceptors (Lipinski definition) is 12. The number of carbonyl (C=O) groups is 6. The van der Waals surface area contributed by atoms with Crippen LogP contribution in [0.5, 0.6) is 0 Å². The zero-order valence-corrected chi connectivity index (χ0v) is 14.4. The lowest BCUT2D eigenvalue weighted by molar-refractivity contribution is -0.284. The van der Waals surface area contributed by atoms with E-state index in [1.807, 2.05) is 0 Å². The molecule has 0 saturated carbocycles. The monoisotopic (exact) mass is 378 g/mol. The van der Waals surface area contributed by atoms with Crippen LogP contribution >= 0.6 is 0 Å². The minimum atomic E-state index is -0.500. The summed E-state index contributed by atoms with van der Waals surface area (Å²) in [5.74, 6) is 0. The van der Waals surface area contributed by atoms with Crippen molar-refractivity contribution >= 4 is 38.8 Å². The van der Waals surface area contributed by atoms with E-state index in [1.165, 1.54) is 0 Å². The largest absolute Gasteiger partial charge is 0.554 e. The highest BCUT2D eigenvalue weighted by molar-refractivity contribution is 5.30. The van der Waals surface area contributed by atoms with E-state index in [-0.39, 0.29) is 36.9 Å². The number of hydrogen-bond donors (Lipinski definition) is 6. The van der Waals surface area contributed by atoms with Gasteiger partial charge in [-0.3, -0.25) is 0 Å². The molecule has 0 spiro atoms. The van der Waals surface area contributed by atoms with Gasteiger partial charge in [0.2, 0.25) is 0 Å². The maximum Gasteiger partial charge on any atom is 0.0275 e. The van der Waals surface area contributed by atoms with Crippen LogP contribution < -0.4 is 67.5 Å². The molecule has 0 radical (unpaired) electrons. The highest BCUT2D eigenvalue weighted by Crippen LogP contribution is 0.768. The number of quaternary nitrogens is 6. The summed E-state index contributed by atoms with van der Waals surface area (Å²) >= 11 is 0. The Balaban J connectivity index is -0.00000000686. The summed E-state index contributed by atoms with van der Waals surface area (Å²) in [5, 5.41) is 49.5. The fourth-order valence-electron chi connectivity index (χ4n) is 0. The Bertz CT molecular complexity index is 128. The SMILES string of the molecule is O=C[O-].O=C[O-].O=C[O-].O=C[O-].O=C[O-].O=C[O-].[NH4+].[NH4+].[NH4+].[NH4+].[NH4+].[NH4+]. The van der Waals surface area contributed by atoms with Crippen molar-refractivity contribution in [1.82, 2.24) is 36.9 Å². The van der Waals surface area contributed by atoms with Crippen LogP contribution in [0.25, 0.3) is 0 Å². The van der Waals surface area contributed by atoms with Crippen LogP contribution in [0.3, 0.4) is 0 Å². The van der Waals surface area contributed by atoms with Crippen LogP contribution in [0.15, 0.2) is 0 Å². The van der Waals surface area contributed by atoms with Crippen molar-refractivity contribution in [3.8, 4) is 0 Å². The third kappa shape index (κ3) is 491. The lowest BCUT2D eigenvalue weighted by atomic mass is 11.7. The summed E-state index contributed by atoms with van der Waals surface area (Å²) in [6.07, 6.45) is 0. The first-order chi connectivity index (χ1) is 8.49. The van der Waals surface area contributed by atoms with Gasteiger partial charge in [0.05, 0.1) is 0 Å². The van der Waals surface area contributed by atoms with Gasteiger partial charge in [-0.05, 0) is 0 Å². The first-order valence-corrected chi connectivity index (χ1v) is 2.83. The molecule has 0 rings (SSSR count). The summed E-state index contributed by atoms with van der Waals surface area (Å²) in [6.45, 7) is -3.00. The molecule has 0 saturated heterocycles. The maximum atomic E-state index is 8.25. The Kier molecular flexibility index (Phi) is 4530. The number of carbonyl (C=O) groups excluding carboxylic acids is 6. The summed E-state index contributed by atoms with van der Waals surface area (Å²) in [5.41, 5.74) is 0. The van der Waals surface area contributed by atoms with Crippen molar-refractivity contribution in [2.75, 3.05) is 0 Å². The van der Waals surface area contributed by atoms with Crippen LogP contribution in [0.4, 0.5) is 0 Å². The molecule has 18 nitrogen and oxygen atoms in total. The van der Waals surface area contributed by atoms with E-state index in [9.17, 15) is 0 Å². The van der Waals surface area contributed by atoms with E-state index >= 15 is 0 Å². The molecule has 0 heterocycles. The van der Waals surface area contributed by atoms with Gasteiger partial charge < -0.3 is 96.3 Å². The summed E-state index contributed by atoms with van der Waals surface area (Å²) in [6, 6.07) is 0. The van der Waals surface area contributed by atoms with E-state index in [1.54, 1.807) is 0 Å². The topological polar surface area (TPSA) is 460 Å². The molecule has 0 aliphatic rings. The lowest BCUT2D eigenvalue weighted by Gasteiger charge is -1.52. The van der Waals surface area contributed by atoms with Gasteiger partial charge in [0.25, 0.3) is 0 Å². The van der Waals surface area contributed by atoms with Gasteiger partial charge in [0, 0.05) is 38.8 Å². The number of carboxylic acid groups (broad SMARTS) is 6.